The Morgan fingerprint density at radius 2 is 1.89 bits per heavy atom. The number of nitrogens with zero attached hydrogens (tertiary/aromatic N) is 1. The lowest BCUT2D eigenvalue weighted by Crippen LogP contribution is -2.51. The fourth-order valence-electron chi connectivity index (χ4n) is 1.83. The molecule has 1 aliphatic rings. The predicted molar refractivity (Wildman–Crippen MR) is 63.5 cm³/mol. The van der Waals surface area contributed by atoms with Gasteiger partial charge in [-0.1, -0.05) is 0 Å². The molecule has 94 valence electrons. The third-order valence-electron chi connectivity index (χ3n) is 2.67. The number of piperazine rings is 1. The highest BCUT2D eigenvalue weighted by atomic mass is 16.3. The van der Waals surface area contributed by atoms with Gasteiger partial charge in [-0.05, 0) is 19.1 Å². The summed E-state index contributed by atoms with van der Waals surface area (Å²) < 4.78 is 0. The van der Waals surface area contributed by atoms with E-state index >= 15 is 0 Å². The van der Waals surface area contributed by atoms with Gasteiger partial charge in [-0.15, -0.1) is 0 Å². The van der Waals surface area contributed by atoms with Crippen LogP contribution in [0.15, 0.2) is 18.2 Å². The van der Waals surface area contributed by atoms with Crippen LogP contribution < -0.4 is 10.2 Å². The molecule has 2 N–H and O–H groups in total. The summed E-state index contributed by atoms with van der Waals surface area (Å²) in [7, 11) is 0. The summed E-state index contributed by atoms with van der Waals surface area (Å²) in [4.78, 5) is 35.2. The van der Waals surface area contributed by atoms with Gasteiger partial charge in [0.2, 0.25) is 11.8 Å². The molecule has 2 amide bonds. The lowest BCUT2D eigenvalue weighted by molar-refractivity contribution is -0.130. The Morgan fingerprint density at radius 1 is 1.28 bits per heavy atom. The van der Waals surface area contributed by atoms with Gasteiger partial charge in [-0.2, -0.15) is 0 Å². The van der Waals surface area contributed by atoms with Gasteiger partial charge in [0.05, 0.1) is 18.7 Å². The van der Waals surface area contributed by atoms with Crippen LogP contribution in [0.2, 0.25) is 0 Å². The molecule has 1 fully saturated rings. The second kappa shape index (κ2) is 4.48. The third-order valence-corrected chi connectivity index (χ3v) is 2.67. The molecule has 0 saturated carbocycles. The van der Waals surface area contributed by atoms with Crippen molar-refractivity contribution in [3.63, 3.8) is 0 Å². The highest BCUT2D eigenvalue weighted by Crippen LogP contribution is 2.25. The summed E-state index contributed by atoms with van der Waals surface area (Å²) in [5.74, 6) is -1.17. The van der Waals surface area contributed by atoms with Crippen LogP contribution in [0.25, 0.3) is 0 Å². The fourth-order valence-corrected chi connectivity index (χ4v) is 1.83. The van der Waals surface area contributed by atoms with Gasteiger partial charge in [0.25, 0.3) is 0 Å². The maximum Gasteiger partial charge on any atom is 0.246 e. The molecule has 1 heterocycles. The number of aromatic hydroxyl groups is 1. The monoisotopic (exact) mass is 248 g/mol. The second-order valence-electron chi connectivity index (χ2n) is 4.09. The smallest absolute Gasteiger partial charge is 0.246 e. The molecule has 0 atom stereocenters. The van der Waals surface area contributed by atoms with Crippen LogP contribution in [0.4, 0.5) is 5.69 Å². The van der Waals surface area contributed by atoms with E-state index in [1.165, 1.54) is 24.0 Å². The van der Waals surface area contributed by atoms with E-state index in [4.69, 9.17) is 0 Å². The average molecular weight is 248 g/mol. The van der Waals surface area contributed by atoms with Gasteiger partial charge >= 0.3 is 0 Å². The maximum absolute atomic E-state index is 11.2. The number of carbonyl (C=O) groups is 3. The van der Waals surface area contributed by atoms with Crippen molar-refractivity contribution in [1.82, 2.24) is 5.32 Å². The van der Waals surface area contributed by atoms with Crippen molar-refractivity contribution >= 4 is 23.3 Å². The molecule has 1 aromatic rings. The Hall–Kier alpha value is -2.37. The Balaban J connectivity index is 2.29. The van der Waals surface area contributed by atoms with Gasteiger partial charge in [-0.3, -0.25) is 19.7 Å². The summed E-state index contributed by atoms with van der Waals surface area (Å²) >= 11 is 0. The van der Waals surface area contributed by atoms with Crippen molar-refractivity contribution in [3.8, 4) is 5.75 Å². The van der Waals surface area contributed by atoms with Crippen molar-refractivity contribution in [1.29, 1.82) is 0 Å². The number of Topliss-reactive ketones (excluding diaryl/α,β-unsaturated/α-hetero) is 1. The molecule has 6 heteroatoms. The zero-order valence-corrected chi connectivity index (χ0v) is 9.77. The summed E-state index contributed by atoms with van der Waals surface area (Å²) in [5.41, 5.74) is 0.743. The number of hydrogen-bond acceptors (Lipinski definition) is 5. The van der Waals surface area contributed by atoms with Crippen molar-refractivity contribution in [2.45, 2.75) is 6.92 Å². The normalized spacial score (nSPS) is 15.5. The molecular formula is C12H12N2O4. The van der Waals surface area contributed by atoms with Crippen LogP contribution in [0.5, 0.6) is 5.75 Å². The average Bonchev–Trinajstić information content (AvgIpc) is 2.26. The molecule has 6 nitrogen and oxygen atoms in total. The third kappa shape index (κ3) is 2.32. The molecular weight excluding hydrogens is 236 g/mol. The second-order valence-corrected chi connectivity index (χ2v) is 4.09. The Morgan fingerprint density at radius 3 is 2.39 bits per heavy atom. The van der Waals surface area contributed by atoms with Crippen molar-refractivity contribution in [2.24, 2.45) is 0 Å². The van der Waals surface area contributed by atoms with E-state index in [0.717, 1.165) is 0 Å². The highest BCUT2D eigenvalue weighted by Gasteiger charge is 2.23. The molecule has 0 aliphatic carbocycles. The molecule has 1 saturated heterocycles. The standard InChI is InChI=1S/C12H12N2O4/c1-7(15)9-3-2-8(4-10(9)16)14-5-11(17)13-12(18)6-14/h2-4,16H,5-6H2,1H3,(H,13,17,18). The number of amides is 2. The number of phenolic OH excluding ortho intramolecular Hbond substituents is 1. The van der Waals surface area contributed by atoms with Crippen LogP contribution in [0.3, 0.4) is 0 Å². The maximum atomic E-state index is 11.2. The minimum atomic E-state index is -0.388. The molecule has 18 heavy (non-hydrogen) atoms. The number of rotatable bonds is 2. The molecule has 1 aliphatic heterocycles. The first kappa shape index (κ1) is 12.1. The number of imide groups is 1. The van der Waals surface area contributed by atoms with E-state index in [2.05, 4.69) is 5.32 Å². The Bertz CT molecular complexity index is 523. The van der Waals surface area contributed by atoms with E-state index in [0.29, 0.717) is 5.69 Å². The van der Waals surface area contributed by atoms with Crippen LogP contribution >= 0.6 is 0 Å². The van der Waals surface area contributed by atoms with Gasteiger partial charge < -0.3 is 10.0 Å². The van der Waals surface area contributed by atoms with E-state index in [1.807, 2.05) is 0 Å². The first-order valence-corrected chi connectivity index (χ1v) is 5.39. The first-order valence-electron chi connectivity index (χ1n) is 5.39. The van der Waals surface area contributed by atoms with Crippen LogP contribution in [-0.4, -0.2) is 35.8 Å². The van der Waals surface area contributed by atoms with Crippen LogP contribution in [0, 0.1) is 0 Å². The minimum Gasteiger partial charge on any atom is -0.507 e. The lowest BCUT2D eigenvalue weighted by atomic mass is 10.1. The summed E-state index contributed by atoms with van der Waals surface area (Å²) in [6, 6.07) is 4.45. The minimum absolute atomic E-state index is 0.0462. The summed E-state index contributed by atoms with van der Waals surface area (Å²) in [6.45, 7) is 1.45. The largest absolute Gasteiger partial charge is 0.507 e. The van der Waals surface area contributed by atoms with E-state index < -0.39 is 0 Å². The number of benzene rings is 1. The van der Waals surface area contributed by atoms with E-state index in [1.54, 1.807) is 6.07 Å². The summed E-state index contributed by atoms with van der Waals surface area (Å²) in [5, 5.41) is 11.9. The number of nitrogens with one attached hydrogen (secondary N) is 1. The van der Waals surface area contributed by atoms with Crippen molar-refractivity contribution in [2.75, 3.05) is 18.0 Å². The van der Waals surface area contributed by atoms with Crippen molar-refractivity contribution in [3.05, 3.63) is 23.8 Å². The number of ketones is 1. The number of anilines is 1. The van der Waals surface area contributed by atoms with E-state index in [9.17, 15) is 19.5 Å². The van der Waals surface area contributed by atoms with Gasteiger partial charge in [-0.25, -0.2) is 0 Å². The van der Waals surface area contributed by atoms with Gasteiger partial charge in [0, 0.05) is 11.8 Å². The molecule has 0 radical (unpaired) electrons. The van der Waals surface area contributed by atoms with Gasteiger partial charge in [0.15, 0.2) is 5.78 Å². The Labute approximate surface area is 103 Å². The molecule has 0 bridgehead atoms. The quantitative estimate of drug-likeness (QED) is 0.570. The number of carbonyl (C=O) groups excluding carboxylic acids is 3. The first-order chi connectivity index (χ1) is 8.47. The Kier molecular flexibility index (Phi) is 3.01. The molecule has 0 aromatic heterocycles. The predicted octanol–water partition coefficient (Wildman–Crippen LogP) is 0.0576. The van der Waals surface area contributed by atoms with Crippen molar-refractivity contribution < 1.29 is 19.5 Å². The van der Waals surface area contributed by atoms with E-state index in [-0.39, 0.29) is 42.0 Å². The molecule has 1 aromatic carbocycles. The molecule has 0 unspecified atom stereocenters. The van der Waals surface area contributed by atoms with Crippen LogP contribution in [0.1, 0.15) is 17.3 Å². The molecule has 2 rings (SSSR count). The highest BCUT2D eigenvalue weighted by molar-refractivity contribution is 6.03. The number of hydrogen-bond donors (Lipinski definition) is 2. The number of phenols is 1. The lowest BCUT2D eigenvalue weighted by Gasteiger charge is -2.27. The molecule has 0 spiro atoms. The summed E-state index contributed by atoms with van der Waals surface area (Å²) in [6.07, 6.45) is 0. The van der Waals surface area contributed by atoms with Gasteiger partial charge in [0.1, 0.15) is 5.75 Å². The fraction of sp³-hybridized carbons (Fsp3) is 0.250. The SMILES string of the molecule is CC(=O)c1ccc(N2CC(=O)NC(=O)C2)cc1O. The topological polar surface area (TPSA) is 86.7 Å². The zero-order chi connectivity index (χ0) is 13.3. The van der Waals surface area contributed by atoms with Crippen LogP contribution in [-0.2, 0) is 9.59 Å². The zero-order valence-electron chi connectivity index (χ0n) is 9.77.